The number of likely N-dealkylation sites (N-methyl/N-ethyl adjacent to an activating group) is 1. The Balaban J connectivity index is 2.14. The van der Waals surface area contributed by atoms with E-state index in [0.717, 1.165) is 18.7 Å². The molecule has 0 unspecified atom stereocenters. The van der Waals surface area contributed by atoms with Crippen LogP contribution < -0.4 is 9.47 Å². The highest BCUT2D eigenvalue weighted by Crippen LogP contribution is 2.41. The number of ether oxygens (including phenoxy) is 2. The van der Waals surface area contributed by atoms with Crippen molar-refractivity contribution in [2.24, 2.45) is 0 Å². The van der Waals surface area contributed by atoms with Crippen LogP contribution in [-0.2, 0) is 9.59 Å². The number of rotatable bonds is 9. The first kappa shape index (κ1) is 24.3. The molecule has 1 aliphatic rings. The van der Waals surface area contributed by atoms with Crippen LogP contribution in [0.5, 0.6) is 11.5 Å². The van der Waals surface area contributed by atoms with Crippen LogP contribution in [0.4, 0.5) is 0 Å². The largest absolute Gasteiger partial charge is 0.507 e. The van der Waals surface area contributed by atoms with Crippen LogP contribution in [0.25, 0.3) is 5.76 Å². The van der Waals surface area contributed by atoms with Crippen molar-refractivity contribution in [2.45, 2.75) is 26.8 Å². The van der Waals surface area contributed by atoms with Gasteiger partial charge in [0.05, 0.1) is 25.8 Å². The van der Waals surface area contributed by atoms with Gasteiger partial charge in [-0.25, -0.2) is 0 Å². The Bertz CT molecular complexity index is 1040. The molecule has 0 bridgehead atoms. The summed E-state index contributed by atoms with van der Waals surface area (Å²) in [7, 11) is 3.08. The molecule has 0 saturated carbocycles. The minimum Gasteiger partial charge on any atom is -0.507 e. The predicted octanol–water partition coefficient (Wildman–Crippen LogP) is 3.78. The minimum absolute atomic E-state index is 0.0793. The SMILES string of the molecule is CCN(CC)CCN1C(=O)C(=O)/C(=C(/O)c2ccc(C)cc2)[C@@H]1c1ccc(OC)c(OC)c1. The second-order valence-electron chi connectivity index (χ2n) is 8.00. The lowest BCUT2D eigenvalue weighted by molar-refractivity contribution is -0.140. The number of aliphatic hydroxyl groups excluding tert-OH is 1. The summed E-state index contributed by atoms with van der Waals surface area (Å²) in [5.74, 6) is -0.457. The van der Waals surface area contributed by atoms with E-state index < -0.39 is 17.7 Å². The first-order valence-electron chi connectivity index (χ1n) is 11.2. The van der Waals surface area contributed by atoms with Gasteiger partial charge < -0.3 is 24.4 Å². The van der Waals surface area contributed by atoms with Gasteiger partial charge >= 0.3 is 0 Å². The molecule has 1 fully saturated rings. The molecule has 0 aromatic heterocycles. The molecular weight excluding hydrogens is 420 g/mol. The number of Topliss-reactive ketones (excluding diaryl/α,β-unsaturated/α-hetero) is 1. The first-order valence-corrected chi connectivity index (χ1v) is 11.2. The molecular formula is C26H32N2O5. The highest BCUT2D eigenvalue weighted by atomic mass is 16.5. The summed E-state index contributed by atoms with van der Waals surface area (Å²) in [6.45, 7) is 8.71. The highest BCUT2D eigenvalue weighted by Gasteiger charge is 2.46. The van der Waals surface area contributed by atoms with Gasteiger partial charge in [-0.3, -0.25) is 9.59 Å². The summed E-state index contributed by atoms with van der Waals surface area (Å²) in [6.07, 6.45) is 0. The average Bonchev–Trinajstić information content (AvgIpc) is 3.09. The number of ketones is 1. The van der Waals surface area contributed by atoms with Gasteiger partial charge in [0, 0.05) is 18.7 Å². The number of benzene rings is 2. The number of aryl methyl sites for hydroxylation is 1. The number of likely N-dealkylation sites (tertiary alicyclic amines) is 1. The fourth-order valence-corrected chi connectivity index (χ4v) is 4.14. The zero-order chi connectivity index (χ0) is 24.1. The Labute approximate surface area is 195 Å². The van der Waals surface area contributed by atoms with E-state index in [0.29, 0.717) is 35.7 Å². The third-order valence-electron chi connectivity index (χ3n) is 6.14. The third-order valence-corrected chi connectivity index (χ3v) is 6.14. The second-order valence-corrected chi connectivity index (χ2v) is 8.00. The molecule has 3 rings (SSSR count). The van der Waals surface area contributed by atoms with E-state index in [2.05, 4.69) is 18.7 Å². The quantitative estimate of drug-likeness (QED) is 0.354. The molecule has 7 heteroatoms. The lowest BCUT2D eigenvalue weighted by atomic mass is 9.94. The van der Waals surface area contributed by atoms with Gasteiger partial charge in [-0.05, 0) is 37.7 Å². The van der Waals surface area contributed by atoms with Crippen LogP contribution in [0, 0.1) is 6.92 Å². The Hall–Kier alpha value is -3.32. The monoisotopic (exact) mass is 452 g/mol. The summed E-state index contributed by atoms with van der Waals surface area (Å²) >= 11 is 0. The molecule has 1 aliphatic heterocycles. The lowest BCUT2D eigenvalue weighted by Crippen LogP contribution is -2.38. The van der Waals surface area contributed by atoms with Crippen molar-refractivity contribution in [3.05, 3.63) is 64.7 Å². The Morgan fingerprint density at radius 2 is 1.64 bits per heavy atom. The number of carbonyl (C=O) groups is 2. The van der Waals surface area contributed by atoms with Gasteiger partial charge in [-0.1, -0.05) is 49.7 Å². The molecule has 1 saturated heterocycles. The van der Waals surface area contributed by atoms with E-state index in [1.165, 1.54) is 7.11 Å². The molecule has 0 radical (unpaired) electrons. The van der Waals surface area contributed by atoms with Crippen molar-refractivity contribution >= 4 is 17.4 Å². The molecule has 33 heavy (non-hydrogen) atoms. The summed E-state index contributed by atoms with van der Waals surface area (Å²) < 4.78 is 10.8. The number of methoxy groups -OCH3 is 2. The van der Waals surface area contributed by atoms with Gasteiger partial charge in [-0.15, -0.1) is 0 Å². The number of carbonyl (C=O) groups excluding carboxylic acids is 2. The van der Waals surface area contributed by atoms with Gasteiger partial charge in [0.15, 0.2) is 11.5 Å². The summed E-state index contributed by atoms with van der Waals surface area (Å²) in [5, 5.41) is 11.2. The lowest BCUT2D eigenvalue weighted by Gasteiger charge is -2.28. The van der Waals surface area contributed by atoms with E-state index in [4.69, 9.17) is 9.47 Å². The summed E-state index contributed by atoms with van der Waals surface area (Å²) in [6, 6.07) is 11.8. The van der Waals surface area contributed by atoms with Gasteiger partial charge in [-0.2, -0.15) is 0 Å². The maximum absolute atomic E-state index is 13.2. The third kappa shape index (κ3) is 4.88. The van der Waals surface area contributed by atoms with Crippen LogP contribution in [0.3, 0.4) is 0 Å². The zero-order valence-electron chi connectivity index (χ0n) is 19.9. The number of aliphatic hydroxyl groups is 1. The van der Waals surface area contributed by atoms with E-state index >= 15 is 0 Å². The van der Waals surface area contributed by atoms with Crippen LogP contribution in [0.15, 0.2) is 48.0 Å². The topological polar surface area (TPSA) is 79.3 Å². The van der Waals surface area contributed by atoms with Crippen molar-refractivity contribution in [2.75, 3.05) is 40.4 Å². The summed E-state index contributed by atoms with van der Waals surface area (Å²) in [5.41, 5.74) is 2.27. The smallest absolute Gasteiger partial charge is 0.295 e. The van der Waals surface area contributed by atoms with E-state index in [9.17, 15) is 14.7 Å². The van der Waals surface area contributed by atoms with E-state index in [1.54, 1.807) is 42.3 Å². The first-order chi connectivity index (χ1) is 15.9. The highest BCUT2D eigenvalue weighted by molar-refractivity contribution is 6.46. The molecule has 0 aliphatic carbocycles. The Morgan fingerprint density at radius 3 is 2.21 bits per heavy atom. The fraction of sp³-hybridized carbons (Fsp3) is 0.385. The fourth-order valence-electron chi connectivity index (χ4n) is 4.14. The van der Waals surface area contributed by atoms with Crippen molar-refractivity contribution in [3.8, 4) is 11.5 Å². The Morgan fingerprint density at radius 1 is 1.00 bits per heavy atom. The number of nitrogens with zero attached hydrogens (tertiary/aromatic N) is 2. The molecule has 176 valence electrons. The van der Waals surface area contributed by atoms with Gasteiger partial charge in [0.25, 0.3) is 11.7 Å². The minimum atomic E-state index is -0.735. The molecule has 2 aromatic carbocycles. The zero-order valence-corrected chi connectivity index (χ0v) is 19.9. The molecule has 2 aromatic rings. The van der Waals surface area contributed by atoms with Gasteiger partial charge in [0.1, 0.15) is 5.76 Å². The van der Waals surface area contributed by atoms with E-state index in [-0.39, 0.29) is 11.3 Å². The maximum Gasteiger partial charge on any atom is 0.295 e. The summed E-state index contributed by atoms with van der Waals surface area (Å²) in [4.78, 5) is 30.0. The number of amides is 1. The standard InChI is InChI=1S/C26H32N2O5/c1-6-27(7-2)14-15-28-23(19-12-13-20(32-4)21(16-19)33-5)22(25(30)26(28)31)24(29)18-10-8-17(3)9-11-18/h8-13,16,23,29H,6-7,14-15H2,1-5H3/b24-22+/t23-/m0/s1. The molecule has 1 amide bonds. The molecule has 1 atom stereocenters. The maximum atomic E-state index is 13.2. The van der Waals surface area contributed by atoms with Crippen LogP contribution >= 0.6 is 0 Å². The van der Waals surface area contributed by atoms with Gasteiger partial charge in [0.2, 0.25) is 0 Å². The van der Waals surface area contributed by atoms with Crippen molar-refractivity contribution in [3.63, 3.8) is 0 Å². The molecule has 1 heterocycles. The van der Waals surface area contributed by atoms with E-state index in [1.807, 2.05) is 19.1 Å². The normalized spacial score (nSPS) is 17.6. The number of hydrogen-bond donors (Lipinski definition) is 1. The van der Waals surface area contributed by atoms with Crippen molar-refractivity contribution in [1.82, 2.24) is 9.80 Å². The molecule has 0 spiro atoms. The second kappa shape index (κ2) is 10.5. The molecule has 1 N–H and O–H groups in total. The van der Waals surface area contributed by atoms with Crippen LogP contribution in [0.2, 0.25) is 0 Å². The predicted molar refractivity (Wildman–Crippen MR) is 128 cm³/mol. The average molecular weight is 453 g/mol. The Kier molecular flexibility index (Phi) is 7.76. The number of hydrogen-bond acceptors (Lipinski definition) is 6. The van der Waals surface area contributed by atoms with Crippen molar-refractivity contribution in [1.29, 1.82) is 0 Å². The van der Waals surface area contributed by atoms with Crippen LogP contribution in [-0.4, -0.2) is 67.0 Å². The van der Waals surface area contributed by atoms with Crippen molar-refractivity contribution < 1.29 is 24.2 Å². The van der Waals surface area contributed by atoms with Crippen LogP contribution in [0.1, 0.15) is 36.6 Å². The molecule has 7 nitrogen and oxygen atoms in total.